The minimum absolute atomic E-state index is 0.0864. The number of aromatic hydroxyl groups is 1. The largest absolute Gasteiger partial charge is 0.501 e. The van der Waals surface area contributed by atoms with E-state index in [1.165, 1.54) is 35.1 Å². The highest BCUT2D eigenvalue weighted by atomic mass is 32.2. The quantitative estimate of drug-likeness (QED) is 0.666. The average molecular weight is 420 g/mol. The number of rotatable bonds is 5. The Bertz CT molecular complexity index is 1060. The Labute approximate surface area is 168 Å². The summed E-state index contributed by atoms with van der Waals surface area (Å²) >= 11 is 0. The van der Waals surface area contributed by atoms with Gasteiger partial charge in [0, 0.05) is 19.3 Å². The van der Waals surface area contributed by atoms with Crippen LogP contribution >= 0.6 is 0 Å². The Hall–Kier alpha value is -2.59. The molecule has 1 saturated carbocycles. The number of amides is 1. The van der Waals surface area contributed by atoms with Crippen LogP contribution < -0.4 is 15.6 Å². The summed E-state index contributed by atoms with van der Waals surface area (Å²) in [5.41, 5.74) is -1.15. The van der Waals surface area contributed by atoms with Crippen LogP contribution in [0.15, 0.2) is 29.1 Å². The van der Waals surface area contributed by atoms with E-state index in [4.69, 9.17) is 0 Å². The SMILES string of the molecule is CS(=O)NC12CCC(Cn3c1nc(C(=O)NCc1ccc(F)cc1)c(O)c3=O)C2. The van der Waals surface area contributed by atoms with E-state index >= 15 is 0 Å². The van der Waals surface area contributed by atoms with Crippen LogP contribution in [0.5, 0.6) is 5.75 Å². The van der Waals surface area contributed by atoms with Gasteiger partial charge in [0.2, 0.25) is 5.75 Å². The van der Waals surface area contributed by atoms with Crippen molar-refractivity contribution in [3.63, 3.8) is 0 Å². The molecule has 1 aliphatic carbocycles. The fourth-order valence-corrected chi connectivity index (χ4v) is 5.11. The zero-order chi connectivity index (χ0) is 20.8. The summed E-state index contributed by atoms with van der Waals surface area (Å²) in [5, 5.41) is 12.9. The van der Waals surface area contributed by atoms with Crippen molar-refractivity contribution in [3.8, 4) is 5.75 Å². The van der Waals surface area contributed by atoms with E-state index in [0.29, 0.717) is 30.8 Å². The van der Waals surface area contributed by atoms with E-state index in [0.717, 1.165) is 6.42 Å². The molecule has 2 aromatic rings. The first-order valence-electron chi connectivity index (χ1n) is 9.27. The molecule has 3 unspecified atom stereocenters. The normalized spacial score (nSPS) is 23.4. The van der Waals surface area contributed by atoms with Gasteiger partial charge in [-0.15, -0.1) is 0 Å². The van der Waals surface area contributed by atoms with Crippen molar-refractivity contribution < 1.29 is 18.5 Å². The van der Waals surface area contributed by atoms with E-state index in [9.17, 15) is 23.3 Å². The van der Waals surface area contributed by atoms with Gasteiger partial charge in [0.15, 0.2) is 5.69 Å². The van der Waals surface area contributed by atoms with Crippen LogP contribution in [0.2, 0.25) is 0 Å². The summed E-state index contributed by atoms with van der Waals surface area (Å²) < 4.78 is 29.3. The zero-order valence-electron chi connectivity index (χ0n) is 15.8. The molecular formula is C19H21FN4O4S. The Morgan fingerprint density at radius 2 is 2.14 bits per heavy atom. The van der Waals surface area contributed by atoms with E-state index in [-0.39, 0.29) is 24.0 Å². The summed E-state index contributed by atoms with van der Waals surface area (Å²) in [7, 11) is -1.34. The average Bonchev–Trinajstić information content (AvgIpc) is 3.01. The first-order valence-corrected chi connectivity index (χ1v) is 10.8. The monoisotopic (exact) mass is 420 g/mol. The highest BCUT2D eigenvalue weighted by Gasteiger charge is 2.49. The van der Waals surface area contributed by atoms with Gasteiger partial charge in [0.1, 0.15) is 11.6 Å². The van der Waals surface area contributed by atoms with Gasteiger partial charge in [0.05, 0.1) is 16.5 Å². The number of carbonyl (C=O) groups is 1. The Balaban J connectivity index is 1.67. The second-order valence-electron chi connectivity index (χ2n) is 7.60. The maximum absolute atomic E-state index is 13.0. The lowest BCUT2D eigenvalue weighted by Gasteiger charge is -2.35. The number of fused-ring (bicyclic) bond motifs is 4. The molecular weight excluding hydrogens is 399 g/mol. The molecule has 8 nitrogen and oxygen atoms in total. The molecule has 1 aromatic carbocycles. The van der Waals surface area contributed by atoms with Crippen molar-refractivity contribution in [3.05, 3.63) is 57.5 Å². The Kier molecular flexibility index (Phi) is 4.99. The van der Waals surface area contributed by atoms with Gasteiger partial charge in [-0.3, -0.25) is 14.2 Å². The van der Waals surface area contributed by atoms with Crippen molar-refractivity contribution in [2.45, 2.75) is 37.9 Å². The lowest BCUT2D eigenvalue weighted by atomic mass is 9.92. The minimum atomic E-state index is -1.34. The number of hydrogen-bond acceptors (Lipinski definition) is 5. The van der Waals surface area contributed by atoms with Crippen molar-refractivity contribution in [1.29, 1.82) is 0 Å². The van der Waals surface area contributed by atoms with Crippen molar-refractivity contribution >= 4 is 16.9 Å². The number of hydrogen-bond donors (Lipinski definition) is 3. The molecule has 10 heteroatoms. The second-order valence-corrected chi connectivity index (χ2v) is 8.72. The predicted molar refractivity (Wildman–Crippen MR) is 104 cm³/mol. The maximum atomic E-state index is 13.0. The first kappa shape index (κ1) is 19.7. The fraction of sp³-hybridized carbons (Fsp3) is 0.421. The third-order valence-corrected chi connectivity index (χ3v) is 6.23. The highest BCUT2D eigenvalue weighted by molar-refractivity contribution is 7.82. The van der Waals surface area contributed by atoms with Gasteiger partial charge in [0.25, 0.3) is 11.5 Å². The summed E-state index contributed by atoms with van der Waals surface area (Å²) in [6.07, 6.45) is 3.65. The van der Waals surface area contributed by atoms with Gasteiger partial charge in [-0.1, -0.05) is 12.1 Å². The summed E-state index contributed by atoms with van der Waals surface area (Å²) in [6, 6.07) is 5.61. The molecule has 0 spiro atoms. The molecule has 3 atom stereocenters. The van der Waals surface area contributed by atoms with Crippen LogP contribution in [-0.2, 0) is 29.6 Å². The van der Waals surface area contributed by atoms with Gasteiger partial charge < -0.3 is 10.4 Å². The van der Waals surface area contributed by atoms with E-state index in [1.54, 1.807) is 0 Å². The number of carbonyl (C=O) groups excluding carboxylic acids is 1. The number of benzene rings is 1. The predicted octanol–water partition coefficient (Wildman–Crippen LogP) is 0.910. The van der Waals surface area contributed by atoms with Crippen molar-refractivity contribution in [2.24, 2.45) is 5.92 Å². The van der Waals surface area contributed by atoms with Crippen LogP contribution in [-0.4, -0.2) is 31.0 Å². The molecule has 29 heavy (non-hydrogen) atoms. The maximum Gasteiger partial charge on any atom is 0.296 e. The smallest absolute Gasteiger partial charge is 0.296 e. The van der Waals surface area contributed by atoms with Crippen molar-refractivity contribution in [2.75, 3.05) is 6.26 Å². The first-order chi connectivity index (χ1) is 13.8. The van der Waals surface area contributed by atoms with Gasteiger partial charge in [-0.25, -0.2) is 18.3 Å². The molecule has 1 aromatic heterocycles. The molecule has 154 valence electrons. The van der Waals surface area contributed by atoms with Crippen LogP contribution in [0.4, 0.5) is 4.39 Å². The third-order valence-electron chi connectivity index (χ3n) is 5.55. The van der Waals surface area contributed by atoms with Gasteiger partial charge in [-0.05, 0) is 42.9 Å². The molecule has 3 N–H and O–H groups in total. The summed E-state index contributed by atoms with van der Waals surface area (Å²) in [6.45, 7) is 0.495. The van der Waals surface area contributed by atoms with Gasteiger partial charge in [-0.2, -0.15) is 0 Å². The number of nitrogens with one attached hydrogen (secondary N) is 2. The summed E-state index contributed by atoms with van der Waals surface area (Å²) in [4.78, 5) is 29.7. The number of nitrogens with zero attached hydrogens (tertiary/aromatic N) is 2. The molecule has 1 amide bonds. The van der Waals surface area contributed by atoms with E-state index in [2.05, 4.69) is 15.0 Å². The Morgan fingerprint density at radius 3 is 2.83 bits per heavy atom. The number of halogens is 1. The highest BCUT2D eigenvalue weighted by Crippen LogP contribution is 2.45. The van der Waals surface area contributed by atoms with Crippen LogP contribution in [0.3, 0.4) is 0 Å². The van der Waals surface area contributed by atoms with Crippen LogP contribution in [0.25, 0.3) is 0 Å². The Morgan fingerprint density at radius 1 is 1.41 bits per heavy atom. The molecule has 4 rings (SSSR count). The summed E-state index contributed by atoms with van der Waals surface area (Å²) in [5.74, 6) is -1.26. The van der Waals surface area contributed by atoms with Crippen LogP contribution in [0.1, 0.15) is 41.1 Å². The topological polar surface area (TPSA) is 113 Å². The molecule has 1 fully saturated rings. The fourth-order valence-electron chi connectivity index (χ4n) is 4.28. The molecule has 2 aliphatic rings. The third kappa shape index (κ3) is 3.58. The molecule has 0 radical (unpaired) electrons. The van der Waals surface area contributed by atoms with E-state index in [1.807, 2.05) is 0 Å². The standard InChI is InChI=1S/C19H21FN4O4S/c1-29(28)23-19-7-6-12(8-19)10-24-17(27)15(25)14(22-18(19)24)16(26)21-9-11-2-4-13(20)5-3-11/h2-5,12,23,25H,6-10H2,1H3,(H,21,26). The second kappa shape index (κ2) is 7.34. The molecule has 0 saturated heterocycles. The lowest BCUT2D eigenvalue weighted by Crippen LogP contribution is -2.49. The lowest BCUT2D eigenvalue weighted by molar-refractivity contribution is 0.0940. The van der Waals surface area contributed by atoms with E-state index < -0.39 is 33.7 Å². The molecule has 2 heterocycles. The zero-order valence-corrected chi connectivity index (χ0v) is 16.6. The molecule has 2 bridgehead atoms. The van der Waals surface area contributed by atoms with Crippen LogP contribution in [0, 0.1) is 11.7 Å². The van der Waals surface area contributed by atoms with Gasteiger partial charge >= 0.3 is 0 Å². The number of aromatic nitrogens is 2. The molecule has 1 aliphatic heterocycles. The van der Waals surface area contributed by atoms with Crippen molar-refractivity contribution in [1.82, 2.24) is 19.6 Å². The minimum Gasteiger partial charge on any atom is -0.501 e.